The van der Waals surface area contributed by atoms with Gasteiger partial charge in [0.25, 0.3) is 11.8 Å². The monoisotopic (exact) mass is 439 g/mol. The molecule has 0 bridgehead atoms. The van der Waals surface area contributed by atoms with E-state index in [2.05, 4.69) is 0 Å². The minimum Gasteiger partial charge on any atom is -0.497 e. The minimum atomic E-state index is -1.29. The Morgan fingerprint density at radius 2 is 1.19 bits per heavy atom. The Bertz CT molecular complexity index is 1020. The Balaban J connectivity index is 1.56. The van der Waals surface area contributed by atoms with E-state index in [-0.39, 0.29) is 12.8 Å². The van der Waals surface area contributed by atoms with Gasteiger partial charge in [-0.25, -0.2) is 9.80 Å². The molecule has 1 N–H and O–H groups in total. The molecule has 32 heavy (non-hydrogen) atoms. The highest BCUT2D eigenvalue weighted by atomic mass is 16.5. The molecule has 0 radical (unpaired) electrons. The van der Waals surface area contributed by atoms with Crippen molar-refractivity contribution in [1.82, 2.24) is 5.06 Å². The standard InChI is InChI=1S/C22H21N3O7/c1-31-15-7-3-5-13(9-15)23-19(26)11-17(21(23)28)25(30)18-12-20(27)24(22(18)29)14-6-4-8-16(10-14)32-2/h3-10,17-18,30H,11-12H2,1-2H3/t17-,18-/m0/s1. The SMILES string of the molecule is COc1cccc(N2C(=O)C[C@H](N(O)[C@H]3CC(=O)N(c4cccc(OC)c4)C3=O)C2=O)c1. The number of hydroxylamine groups is 2. The lowest BCUT2D eigenvalue weighted by Crippen LogP contribution is -2.49. The summed E-state index contributed by atoms with van der Waals surface area (Å²) < 4.78 is 10.3. The summed E-state index contributed by atoms with van der Waals surface area (Å²) in [5.74, 6) is -1.53. The maximum absolute atomic E-state index is 13.0. The zero-order valence-corrected chi connectivity index (χ0v) is 17.4. The van der Waals surface area contributed by atoms with Gasteiger partial charge in [-0.05, 0) is 24.3 Å². The van der Waals surface area contributed by atoms with Crippen LogP contribution in [0.15, 0.2) is 48.5 Å². The van der Waals surface area contributed by atoms with Crippen LogP contribution >= 0.6 is 0 Å². The van der Waals surface area contributed by atoms with Gasteiger partial charge in [0.15, 0.2) is 0 Å². The van der Waals surface area contributed by atoms with E-state index in [1.54, 1.807) is 36.4 Å². The fourth-order valence-corrected chi connectivity index (χ4v) is 3.90. The van der Waals surface area contributed by atoms with Crippen molar-refractivity contribution in [2.45, 2.75) is 24.9 Å². The first-order valence-electron chi connectivity index (χ1n) is 9.84. The molecular formula is C22H21N3O7. The van der Waals surface area contributed by atoms with E-state index in [0.29, 0.717) is 27.9 Å². The number of benzene rings is 2. The number of carbonyl (C=O) groups excluding carboxylic acids is 4. The summed E-state index contributed by atoms with van der Waals surface area (Å²) in [6.07, 6.45) is -0.659. The van der Waals surface area contributed by atoms with Crippen molar-refractivity contribution in [3.05, 3.63) is 48.5 Å². The Morgan fingerprint density at radius 1 is 0.781 bits per heavy atom. The van der Waals surface area contributed by atoms with Crippen LogP contribution in [0.3, 0.4) is 0 Å². The zero-order chi connectivity index (χ0) is 23.0. The number of amides is 4. The normalized spacial score (nSPS) is 21.1. The summed E-state index contributed by atoms with van der Waals surface area (Å²) in [4.78, 5) is 53.0. The van der Waals surface area contributed by atoms with E-state index in [9.17, 15) is 24.4 Å². The van der Waals surface area contributed by atoms with Crippen LogP contribution in [0.5, 0.6) is 11.5 Å². The number of methoxy groups -OCH3 is 2. The molecule has 0 saturated carbocycles. The molecule has 4 amide bonds. The smallest absolute Gasteiger partial charge is 0.254 e. The number of anilines is 2. The van der Waals surface area contributed by atoms with Gasteiger partial charge in [-0.15, -0.1) is 0 Å². The molecule has 0 unspecified atom stereocenters. The van der Waals surface area contributed by atoms with E-state index in [0.717, 1.165) is 9.80 Å². The van der Waals surface area contributed by atoms with E-state index >= 15 is 0 Å². The molecule has 2 saturated heterocycles. The summed E-state index contributed by atoms with van der Waals surface area (Å²) in [7, 11) is 2.92. The van der Waals surface area contributed by atoms with Gasteiger partial charge >= 0.3 is 0 Å². The zero-order valence-electron chi connectivity index (χ0n) is 17.4. The second-order valence-electron chi connectivity index (χ2n) is 7.36. The van der Waals surface area contributed by atoms with Crippen LogP contribution < -0.4 is 19.3 Å². The summed E-state index contributed by atoms with van der Waals surface area (Å²) in [5, 5.41) is 11.3. The Labute approximate surface area is 183 Å². The fourth-order valence-electron chi connectivity index (χ4n) is 3.90. The van der Waals surface area contributed by atoms with Crippen LogP contribution in [0.25, 0.3) is 0 Å². The van der Waals surface area contributed by atoms with Crippen LogP contribution in [-0.4, -0.2) is 60.2 Å². The molecule has 0 aliphatic carbocycles. The number of nitrogens with zero attached hydrogens (tertiary/aromatic N) is 3. The predicted octanol–water partition coefficient (Wildman–Crippen LogP) is 1.36. The minimum absolute atomic E-state index is 0.294. The molecule has 2 fully saturated rings. The predicted molar refractivity (Wildman–Crippen MR) is 111 cm³/mol. The molecule has 0 spiro atoms. The number of rotatable bonds is 6. The first-order chi connectivity index (χ1) is 15.3. The average molecular weight is 439 g/mol. The average Bonchev–Trinajstić information content (AvgIpc) is 3.27. The largest absolute Gasteiger partial charge is 0.497 e. The maximum Gasteiger partial charge on any atom is 0.254 e. The van der Waals surface area contributed by atoms with Crippen molar-refractivity contribution in [3.8, 4) is 11.5 Å². The van der Waals surface area contributed by atoms with Crippen molar-refractivity contribution in [2.75, 3.05) is 24.0 Å². The molecule has 2 aliphatic rings. The molecule has 2 heterocycles. The molecule has 10 heteroatoms. The van der Waals surface area contributed by atoms with Gasteiger partial charge in [0.2, 0.25) is 11.8 Å². The van der Waals surface area contributed by atoms with Crippen LogP contribution in [0, 0.1) is 0 Å². The number of hydrogen-bond donors (Lipinski definition) is 1. The third kappa shape index (κ3) is 3.59. The quantitative estimate of drug-likeness (QED) is 0.530. The van der Waals surface area contributed by atoms with Gasteiger partial charge in [0.05, 0.1) is 38.4 Å². The second-order valence-corrected chi connectivity index (χ2v) is 7.36. The number of hydrogen-bond acceptors (Lipinski definition) is 8. The third-order valence-electron chi connectivity index (χ3n) is 5.51. The van der Waals surface area contributed by atoms with Gasteiger partial charge in [0.1, 0.15) is 23.6 Å². The molecule has 4 rings (SSSR count). The van der Waals surface area contributed by atoms with Gasteiger partial charge in [-0.1, -0.05) is 12.1 Å². The Kier molecular flexibility index (Phi) is 5.64. The van der Waals surface area contributed by atoms with Gasteiger partial charge in [-0.2, -0.15) is 5.06 Å². The molecule has 2 atom stereocenters. The lowest BCUT2D eigenvalue weighted by atomic mass is 10.1. The summed E-state index contributed by atoms with van der Waals surface area (Å²) in [6.45, 7) is 0. The molecular weight excluding hydrogens is 418 g/mol. The van der Waals surface area contributed by atoms with Gasteiger partial charge in [0, 0.05) is 12.1 Å². The van der Waals surface area contributed by atoms with E-state index in [4.69, 9.17) is 9.47 Å². The van der Waals surface area contributed by atoms with Crippen LogP contribution in [0.2, 0.25) is 0 Å². The van der Waals surface area contributed by atoms with E-state index in [1.165, 1.54) is 26.4 Å². The summed E-state index contributed by atoms with van der Waals surface area (Å²) in [5.41, 5.74) is 0.587. The van der Waals surface area contributed by atoms with Crippen LogP contribution in [-0.2, 0) is 19.2 Å². The molecule has 0 aromatic heterocycles. The Hall–Kier alpha value is -3.76. The molecule has 2 aromatic carbocycles. The lowest BCUT2D eigenvalue weighted by molar-refractivity contribution is -0.172. The molecule has 2 aromatic rings. The van der Waals surface area contributed by atoms with E-state index in [1.807, 2.05) is 0 Å². The highest BCUT2D eigenvalue weighted by Crippen LogP contribution is 2.32. The number of ether oxygens (including phenoxy) is 2. The highest BCUT2D eigenvalue weighted by molar-refractivity contribution is 6.24. The van der Waals surface area contributed by atoms with Crippen molar-refractivity contribution in [3.63, 3.8) is 0 Å². The topological polar surface area (TPSA) is 117 Å². The van der Waals surface area contributed by atoms with Crippen molar-refractivity contribution >= 4 is 35.0 Å². The third-order valence-corrected chi connectivity index (χ3v) is 5.51. The number of carbonyl (C=O) groups is 4. The molecule has 166 valence electrons. The van der Waals surface area contributed by atoms with E-state index < -0.39 is 35.7 Å². The van der Waals surface area contributed by atoms with Crippen molar-refractivity contribution in [2.24, 2.45) is 0 Å². The molecule has 2 aliphatic heterocycles. The first kappa shape index (κ1) is 21.5. The fraction of sp³-hybridized carbons (Fsp3) is 0.273. The Morgan fingerprint density at radius 3 is 1.56 bits per heavy atom. The van der Waals surface area contributed by atoms with Gasteiger partial charge in [-0.3, -0.25) is 19.2 Å². The highest BCUT2D eigenvalue weighted by Gasteiger charge is 2.50. The van der Waals surface area contributed by atoms with Crippen molar-refractivity contribution < 1.29 is 33.9 Å². The number of imide groups is 2. The summed E-state index contributed by atoms with van der Waals surface area (Å²) >= 11 is 0. The maximum atomic E-state index is 13.0. The lowest BCUT2D eigenvalue weighted by Gasteiger charge is -2.25. The van der Waals surface area contributed by atoms with Crippen LogP contribution in [0.4, 0.5) is 11.4 Å². The second kappa shape index (κ2) is 8.40. The van der Waals surface area contributed by atoms with Crippen LogP contribution in [0.1, 0.15) is 12.8 Å². The van der Waals surface area contributed by atoms with Gasteiger partial charge < -0.3 is 14.7 Å². The molecule has 10 nitrogen and oxygen atoms in total. The summed E-state index contributed by atoms with van der Waals surface area (Å²) in [6, 6.07) is 10.2. The van der Waals surface area contributed by atoms with Crippen molar-refractivity contribution in [1.29, 1.82) is 0 Å². The first-order valence-corrected chi connectivity index (χ1v) is 9.84.